The van der Waals surface area contributed by atoms with E-state index in [0.29, 0.717) is 12.5 Å². The van der Waals surface area contributed by atoms with Gasteiger partial charge in [-0.2, -0.15) is 0 Å². The van der Waals surface area contributed by atoms with Crippen molar-refractivity contribution in [2.24, 2.45) is 0 Å². The van der Waals surface area contributed by atoms with Crippen LogP contribution in [0.15, 0.2) is 42.5 Å². The molecule has 2 aromatic carbocycles. The van der Waals surface area contributed by atoms with Crippen LogP contribution in [0.5, 0.6) is 11.5 Å². The molecule has 4 heteroatoms. The van der Waals surface area contributed by atoms with Crippen molar-refractivity contribution in [1.82, 2.24) is 5.32 Å². The molecular formula is C23H31NO3. The lowest BCUT2D eigenvalue weighted by Crippen LogP contribution is -2.43. The lowest BCUT2D eigenvalue weighted by Gasteiger charge is -2.21. The Labute approximate surface area is 162 Å². The Kier molecular flexibility index (Phi) is 7.28. The van der Waals surface area contributed by atoms with Gasteiger partial charge in [0, 0.05) is 0 Å². The van der Waals surface area contributed by atoms with Gasteiger partial charge in [-0.15, -0.1) is 0 Å². The molecule has 0 bridgehead atoms. The number of hydrogen-bond donors (Lipinski definition) is 1. The summed E-state index contributed by atoms with van der Waals surface area (Å²) in [7, 11) is 0. The van der Waals surface area contributed by atoms with Crippen molar-refractivity contribution >= 4 is 5.91 Å². The van der Waals surface area contributed by atoms with Crippen LogP contribution in [-0.2, 0) is 4.79 Å². The lowest BCUT2D eigenvalue weighted by molar-refractivity contribution is -0.128. The van der Waals surface area contributed by atoms with E-state index in [1.807, 2.05) is 51.1 Å². The van der Waals surface area contributed by atoms with Gasteiger partial charge in [0.1, 0.15) is 18.1 Å². The monoisotopic (exact) mass is 369 g/mol. The van der Waals surface area contributed by atoms with E-state index in [4.69, 9.17) is 9.47 Å². The molecule has 2 aromatic rings. The third kappa shape index (κ3) is 6.02. The van der Waals surface area contributed by atoms with Crippen LogP contribution in [0.4, 0.5) is 0 Å². The topological polar surface area (TPSA) is 47.6 Å². The van der Waals surface area contributed by atoms with Gasteiger partial charge in [-0.05, 0) is 62.4 Å². The first-order valence-corrected chi connectivity index (χ1v) is 9.54. The first kappa shape index (κ1) is 20.8. The van der Waals surface area contributed by atoms with Crippen LogP contribution in [0.2, 0.25) is 0 Å². The maximum Gasteiger partial charge on any atom is 0.261 e. The van der Waals surface area contributed by atoms with Crippen molar-refractivity contribution in [1.29, 1.82) is 0 Å². The minimum atomic E-state index is -0.579. The lowest BCUT2D eigenvalue weighted by atomic mass is 10.0. The van der Waals surface area contributed by atoms with E-state index < -0.39 is 6.10 Å². The molecule has 0 saturated carbocycles. The highest BCUT2D eigenvalue weighted by Crippen LogP contribution is 2.28. The molecule has 4 nitrogen and oxygen atoms in total. The number of amides is 1. The largest absolute Gasteiger partial charge is 0.491 e. The fraction of sp³-hybridized carbons (Fsp3) is 0.435. The van der Waals surface area contributed by atoms with Gasteiger partial charge in [-0.3, -0.25) is 4.79 Å². The maximum absolute atomic E-state index is 12.5. The Morgan fingerprint density at radius 1 is 1.00 bits per heavy atom. The second-order valence-electron chi connectivity index (χ2n) is 7.44. The van der Waals surface area contributed by atoms with E-state index in [1.165, 1.54) is 0 Å². The van der Waals surface area contributed by atoms with E-state index in [1.54, 1.807) is 6.92 Å². The average Bonchev–Trinajstić information content (AvgIpc) is 2.60. The molecule has 2 rings (SSSR count). The van der Waals surface area contributed by atoms with Gasteiger partial charge in [0.2, 0.25) is 0 Å². The highest BCUT2D eigenvalue weighted by Gasteiger charge is 2.19. The Morgan fingerprint density at radius 2 is 1.70 bits per heavy atom. The summed E-state index contributed by atoms with van der Waals surface area (Å²) in [6.45, 7) is 12.4. The summed E-state index contributed by atoms with van der Waals surface area (Å²) >= 11 is 0. The van der Waals surface area contributed by atoms with Crippen molar-refractivity contribution in [2.45, 2.75) is 59.6 Å². The Morgan fingerprint density at radius 3 is 2.37 bits per heavy atom. The molecular weight excluding hydrogens is 338 g/mol. The molecule has 0 spiro atoms. The highest BCUT2D eigenvalue weighted by atomic mass is 16.5. The third-order valence-electron chi connectivity index (χ3n) is 4.44. The standard InChI is InChI=1S/C23H31NO3/c1-15(2)20-12-11-16(3)13-22(20)27-19(6)23(25)24-18(5)14-26-21-10-8-7-9-17(21)4/h7-13,15,18-19H,14H2,1-6H3,(H,24,25)/t18-,19+/m1/s1. The normalized spacial score (nSPS) is 13.1. The number of carbonyl (C=O) groups excluding carboxylic acids is 1. The van der Waals surface area contributed by atoms with Crippen molar-refractivity contribution in [3.63, 3.8) is 0 Å². The summed E-state index contributed by atoms with van der Waals surface area (Å²) in [5.41, 5.74) is 3.30. The van der Waals surface area contributed by atoms with Crippen LogP contribution in [-0.4, -0.2) is 24.7 Å². The maximum atomic E-state index is 12.5. The van der Waals surface area contributed by atoms with Gasteiger partial charge in [-0.1, -0.05) is 44.2 Å². The molecule has 0 radical (unpaired) electrons. The quantitative estimate of drug-likeness (QED) is 0.728. The smallest absolute Gasteiger partial charge is 0.261 e. The molecule has 0 unspecified atom stereocenters. The van der Waals surface area contributed by atoms with Gasteiger partial charge >= 0.3 is 0 Å². The molecule has 0 aromatic heterocycles. The van der Waals surface area contributed by atoms with Crippen LogP contribution >= 0.6 is 0 Å². The van der Waals surface area contributed by atoms with E-state index in [0.717, 1.165) is 28.2 Å². The van der Waals surface area contributed by atoms with Crippen LogP contribution in [0.3, 0.4) is 0 Å². The van der Waals surface area contributed by atoms with Crippen molar-refractivity contribution in [2.75, 3.05) is 6.61 Å². The average molecular weight is 370 g/mol. The van der Waals surface area contributed by atoms with Crippen molar-refractivity contribution in [3.05, 3.63) is 59.2 Å². The molecule has 0 aliphatic heterocycles. The molecule has 1 amide bonds. The van der Waals surface area contributed by atoms with E-state index >= 15 is 0 Å². The molecule has 0 fully saturated rings. The number of rotatable bonds is 8. The highest BCUT2D eigenvalue weighted by molar-refractivity contribution is 5.81. The van der Waals surface area contributed by atoms with Gasteiger partial charge in [0.05, 0.1) is 6.04 Å². The number of hydrogen-bond acceptors (Lipinski definition) is 3. The van der Waals surface area contributed by atoms with Crippen LogP contribution < -0.4 is 14.8 Å². The number of para-hydroxylation sites is 1. The van der Waals surface area contributed by atoms with E-state index in [2.05, 4.69) is 31.3 Å². The number of carbonyl (C=O) groups is 1. The first-order valence-electron chi connectivity index (χ1n) is 9.54. The van der Waals surface area contributed by atoms with Gasteiger partial charge < -0.3 is 14.8 Å². The molecule has 0 aliphatic carbocycles. The fourth-order valence-corrected chi connectivity index (χ4v) is 2.80. The number of benzene rings is 2. The van der Waals surface area contributed by atoms with Gasteiger partial charge in [0.25, 0.3) is 5.91 Å². The second-order valence-corrected chi connectivity index (χ2v) is 7.44. The molecule has 0 aliphatic rings. The Bertz CT molecular complexity index is 770. The van der Waals surface area contributed by atoms with Crippen LogP contribution in [0, 0.1) is 13.8 Å². The van der Waals surface area contributed by atoms with Crippen LogP contribution in [0.1, 0.15) is 50.3 Å². The zero-order valence-electron chi connectivity index (χ0n) is 17.2. The molecule has 2 atom stereocenters. The van der Waals surface area contributed by atoms with Gasteiger partial charge in [0.15, 0.2) is 6.10 Å². The predicted octanol–water partition coefficient (Wildman–Crippen LogP) is 4.78. The molecule has 146 valence electrons. The zero-order valence-corrected chi connectivity index (χ0v) is 17.2. The first-order chi connectivity index (χ1) is 12.8. The third-order valence-corrected chi connectivity index (χ3v) is 4.44. The van der Waals surface area contributed by atoms with E-state index in [-0.39, 0.29) is 11.9 Å². The van der Waals surface area contributed by atoms with Crippen molar-refractivity contribution < 1.29 is 14.3 Å². The summed E-state index contributed by atoms with van der Waals surface area (Å²) in [6.07, 6.45) is -0.579. The SMILES string of the molecule is Cc1ccc(C(C)C)c(O[C@@H](C)C(=O)N[C@H](C)COc2ccccc2C)c1. The Hall–Kier alpha value is -2.49. The molecule has 0 saturated heterocycles. The summed E-state index contributed by atoms with van der Waals surface area (Å²) in [4.78, 5) is 12.5. The molecule has 0 heterocycles. The number of aryl methyl sites for hydroxylation is 2. The zero-order chi connectivity index (χ0) is 20.0. The minimum Gasteiger partial charge on any atom is -0.491 e. The number of nitrogens with one attached hydrogen (secondary N) is 1. The van der Waals surface area contributed by atoms with Gasteiger partial charge in [-0.25, -0.2) is 0 Å². The molecule has 27 heavy (non-hydrogen) atoms. The summed E-state index contributed by atoms with van der Waals surface area (Å²) in [5, 5.41) is 2.96. The van der Waals surface area contributed by atoms with Crippen LogP contribution in [0.25, 0.3) is 0 Å². The molecule has 1 N–H and O–H groups in total. The summed E-state index contributed by atoms with van der Waals surface area (Å²) < 4.78 is 11.8. The summed E-state index contributed by atoms with van der Waals surface area (Å²) in [6, 6.07) is 13.9. The van der Waals surface area contributed by atoms with Crippen molar-refractivity contribution in [3.8, 4) is 11.5 Å². The minimum absolute atomic E-state index is 0.120. The second kappa shape index (κ2) is 9.45. The predicted molar refractivity (Wildman–Crippen MR) is 110 cm³/mol. The fourth-order valence-electron chi connectivity index (χ4n) is 2.80. The number of ether oxygens (including phenoxy) is 2. The summed E-state index contributed by atoms with van der Waals surface area (Å²) in [5.74, 6) is 1.80. The van der Waals surface area contributed by atoms with E-state index in [9.17, 15) is 4.79 Å². The Balaban J connectivity index is 1.92.